The summed E-state index contributed by atoms with van der Waals surface area (Å²) in [6.07, 6.45) is 7.58. The van der Waals surface area contributed by atoms with E-state index in [-0.39, 0.29) is 0 Å². The molecule has 116 valence electrons. The van der Waals surface area contributed by atoms with Crippen LogP contribution in [-0.2, 0) is 0 Å². The summed E-state index contributed by atoms with van der Waals surface area (Å²) in [4.78, 5) is 15.8. The molecule has 0 radical (unpaired) electrons. The SMILES string of the molecule is c1ccc2c(c1)ncn2C1CN(c2cc(C3CCC3)ncn2)C1. The molecule has 0 N–H and O–H groups in total. The average Bonchev–Trinajstić information content (AvgIpc) is 2.89. The first-order valence-corrected chi connectivity index (χ1v) is 8.37. The van der Waals surface area contributed by atoms with E-state index in [2.05, 4.69) is 48.7 Å². The number of aromatic nitrogens is 4. The van der Waals surface area contributed by atoms with Crippen LogP contribution in [0.4, 0.5) is 5.82 Å². The fourth-order valence-electron chi connectivity index (χ4n) is 3.55. The summed E-state index contributed by atoms with van der Waals surface area (Å²) in [5.41, 5.74) is 3.51. The van der Waals surface area contributed by atoms with Gasteiger partial charge in [-0.2, -0.15) is 0 Å². The van der Waals surface area contributed by atoms with E-state index in [9.17, 15) is 0 Å². The average molecular weight is 305 g/mol. The molecule has 0 amide bonds. The Morgan fingerprint density at radius 2 is 1.87 bits per heavy atom. The molecule has 5 nitrogen and oxygen atoms in total. The van der Waals surface area contributed by atoms with Gasteiger partial charge in [0.2, 0.25) is 0 Å². The number of anilines is 1. The Hall–Kier alpha value is -2.43. The number of para-hydroxylation sites is 2. The lowest BCUT2D eigenvalue weighted by atomic mass is 9.83. The van der Waals surface area contributed by atoms with Crippen LogP contribution in [0.25, 0.3) is 11.0 Å². The molecule has 3 aromatic rings. The Balaban J connectivity index is 1.34. The molecule has 3 heterocycles. The number of benzene rings is 1. The quantitative estimate of drug-likeness (QED) is 0.746. The van der Waals surface area contributed by atoms with Crippen LogP contribution in [-0.4, -0.2) is 32.6 Å². The summed E-state index contributed by atoms with van der Waals surface area (Å²) in [5, 5.41) is 0. The Bertz CT molecular complexity index is 845. The molecule has 1 saturated heterocycles. The van der Waals surface area contributed by atoms with Gasteiger partial charge in [0.15, 0.2) is 0 Å². The summed E-state index contributed by atoms with van der Waals surface area (Å²) in [6.45, 7) is 1.98. The molecule has 5 heteroatoms. The van der Waals surface area contributed by atoms with Crippen molar-refractivity contribution in [3.8, 4) is 0 Å². The van der Waals surface area contributed by atoms with Gasteiger partial charge in [-0.05, 0) is 25.0 Å². The molecular formula is C18H19N5. The normalized spacial score (nSPS) is 18.9. The van der Waals surface area contributed by atoms with Crippen molar-refractivity contribution in [1.29, 1.82) is 0 Å². The van der Waals surface area contributed by atoms with E-state index < -0.39 is 0 Å². The largest absolute Gasteiger partial charge is 0.352 e. The summed E-state index contributed by atoms with van der Waals surface area (Å²) in [7, 11) is 0. The number of fused-ring (bicyclic) bond motifs is 1. The molecule has 1 aromatic carbocycles. The second-order valence-electron chi connectivity index (χ2n) is 6.63. The van der Waals surface area contributed by atoms with Crippen LogP contribution in [0.2, 0.25) is 0 Å². The standard InChI is InChI=1S/C18H19N5/c1-2-7-17-15(6-1)21-12-23(17)14-9-22(10-14)18-8-16(19-11-20-18)13-4-3-5-13/h1-2,6-8,11-14H,3-5,9-10H2. The van der Waals surface area contributed by atoms with Crippen molar-refractivity contribution < 1.29 is 0 Å². The number of rotatable bonds is 3. The zero-order valence-electron chi connectivity index (χ0n) is 13.0. The van der Waals surface area contributed by atoms with Gasteiger partial charge in [-0.1, -0.05) is 18.6 Å². The third-order valence-electron chi connectivity index (χ3n) is 5.26. The van der Waals surface area contributed by atoms with E-state index in [1.807, 2.05) is 12.4 Å². The predicted molar refractivity (Wildman–Crippen MR) is 89.6 cm³/mol. The van der Waals surface area contributed by atoms with E-state index >= 15 is 0 Å². The van der Waals surface area contributed by atoms with Crippen molar-refractivity contribution in [2.45, 2.75) is 31.2 Å². The van der Waals surface area contributed by atoms with Crippen LogP contribution < -0.4 is 4.90 Å². The molecule has 23 heavy (non-hydrogen) atoms. The Morgan fingerprint density at radius 3 is 2.70 bits per heavy atom. The monoisotopic (exact) mass is 305 g/mol. The summed E-state index contributed by atoms with van der Waals surface area (Å²) in [6, 6.07) is 11.0. The second kappa shape index (κ2) is 5.05. The maximum Gasteiger partial charge on any atom is 0.132 e. The van der Waals surface area contributed by atoms with Crippen molar-refractivity contribution in [2.75, 3.05) is 18.0 Å². The Kier molecular flexibility index (Phi) is 2.86. The van der Waals surface area contributed by atoms with E-state index in [1.54, 1.807) is 6.33 Å². The van der Waals surface area contributed by atoms with Crippen LogP contribution >= 0.6 is 0 Å². The van der Waals surface area contributed by atoms with E-state index in [4.69, 9.17) is 0 Å². The van der Waals surface area contributed by atoms with Gasteiger partial charge in [-0.25, -0.2) is 15.0 Å². The molecule has 1 aliphatic carbocycles. The van der Waals surface area contributed by atoms with Gasteiger partial charge in [0, 0.05) is 30.8 Å². The molecule has 2 aromatic heterocycles. The smallest absolute Gasteiger partial charge is 0.132 e. The lowest BCUT2D eigenvalue weighted by Gasteiger charge is -2.41. The van der Waals surface area contributed by atoms with E-state index in [0.717, 1.165) is 24.4 Å². The molecule has 1 saturated carbocycles. The number of hydrogen-bond acceptors (Lipinski definition) is 4. The summed E-state index contributed by atoms with van der Waals surface area (Å²) < 4.78 is 2.29. The highest BCUT2D eigenvalue weighted by Crippen LogP contribution is 2.37. The lowest BCUT2D eigenvalue weighted by Crippen LogP contribution is -2.48. The molecule has 2 fully saturated rings. The molecule has 0 bridgehead atoms. The first kappa shape index (κ1) is 13.0. The van der Waals surface area contributed by atoms with E-state index in [1.165, 1.54) is 30.5 Å². The Labute approximate surface area is 135 Å². The number of nitrogens with zero attached hydrogens (tertiary/aromatic N) is 5. The maximum atomic E-state index is 4.49. The molecular weight excluding hydrogens is 286 g/mol. The minimum atomic E-state index is 0.476. The molecule has 5 rings (SSSR count). The zero-order valence-corrected chi connectivity index (χ0v) is 13.0. The molecule has 0 spiro atoms. The van der Waals surface area contributed by atoms with Gasteiger partial charge in [-0.15, -0.1) is 0 Å². The van der Waals surface area contributed by atoms with Crippen molar-refractivity contribution in [3.05, 3.63) is 48.7 Å². The first-order chi connectivity index (χ1) is 11.4. The van der Waals surface area contributed by atoms with Crippen LogP contribution in [0.15, 0.2) is 43.0 Å². The minimum Gasteiger partial charge on any atom is -0.352 e. The molecule has 1 aliphatic heterocycles. The molecule has 0 atom stereocenters. The summed E-state index contributed by atoms with van der Waals surface area (Å²) in [5.74, 6) is 1.73. The fourth-order valence-corrected chi connectivity index (χ4v) is 3.55. The number of hydrogen-bond donors (Lipinski definition) is 0. The Morgan fingerprint density at radius 1 is 1.00 bits per heavy atom. The van der Waals surface area contributed by atoms with Gasteiger partial charge < -0.3 is 9.47 Å². The summed E-state index contributed by atoms with van der Waals surface area (Å²) >= 11 is 0. The zero-order chi connectivity index (χ0) is 15.2. The fraction of sp³-hybridized carbons (Fsp3) is 0.389. The van der Waals surface area contributed by atoms with Crippen molar-refractivity contribution in [2.24, 2.45) is 0 Å². The van der Waals surface area contributed by atoms with Crippen molar-refractivity contribution in [1.82, 2.24) is 19.5 Å². The topological polar surface area (TPSA) is 46.8 Å². The van der Waals surface area contributed by atoms with Crippen LogP contribution in [0.3, 0.4) is 0 Å². The lowest BCUT2D eigenvalue weighted by molar-refractivity contribution is 0.399. The third kappa shape index (κ3) is 2.11. The first-order valence-electron chi connectivity index (χ1n) is 8.37. The third-order valence-corrected chi connectivity index (χ3v) is 5.26. The van der Waals surface area contributed by atoms with Crippen molar-refractivity contribution >= 4 is 16.9 Å². The number of imidazole rings is 1. The second-order valence-corrected chi connectivity index (χ2v) is 6.63. The minimum absolute atomic E-state index is 0.476. The highest BCUT2D eigenvalue weighted by Gasteiger charge is 2.31. The van der Waals surface area contributed by atoms with E-state index in [0.29, 0.717) is 12.0 Å². The van der Waals surface area contributed by atoms with Crippen LogP contribution in [0.1, 0.15) is 36.9 Å². The van der Waals surface area contributed by atoms with Gasteiger partial charge in [0.05, 0.1) is 23.4 Å². The maximum absolute atomic E-state index is 4.49. The van der Waals surface area contributed by atoms with Gasteiger partial charge in [0.25, 0.3) is 0 Å². The highest BCUT2D eigenvalue weighted by atomic mass is 15.3. The molecule has 2 aliphatic rings. The van der Waals surface area contributed by atoms with Gasteiger partial charge in [-0.3, -0.25) is 0 Å². The van der Waals surface area contributed by atoms with Gasteiger partial charge >= 0.3 is 0 Å². The molecule has 0 unspecified atom stereocenters. The predicted octanol–water partition coefficient (Wildman–Crippen LogP) is 3.16. The van der Waals surface area contributed by atoms with Crippen LogP contribution in [0.5, 0.6) is 0 Å². The highest BCUT2D eigenvalue weighted by molar-refractivity contribution is 5.75. The van der Waals surface area contributed by atoms with Crippen LogP contribution in [0, 0.1) is 0 Å². The van der Waals surface area contributed by atoms with Gasteiger partial charge in [0.1, 0.15) is 12.1 Å². The van der Waals surface area contributed by atoms with Crippen molar-refractivity contribution in [3.63, 3.8) is 0 Å².